The lowest BCUT2D eigenvalue weighted by atomic mass is 10.2. The van der Waals surface area contributed by atoms with Gasteiger partial charge in [0.25, 0.3) is 5.56 Å². The number of hydrogen-bond acceptors (Lipinski definition) is 3. The van der Waals surface area contributed by atoms with Crippen LogP contribution in [0.5, 0.6) is 5.75 Å². The third-order valence-electron chi connectivity index (χ3n) is 2.65. The first-order chi connectivity index (χ1) is 9.56. The summed E-state index contributed by atoms with van der Waals surface area (Å²) in [5.74, 6) is -0.407. The number of aromatic carboxylic acids is 1. The third kappa shape index (κ3) is 3.71. The van der Waals surface area contributed by atoms with Gasteiger partial charge < -0.3 is 14.4 Å². The molecule has 1 N–H and O–H groups in total. The quantitative estimate of drug-likeness (QED) is 0.909. The Morgan fingerprint density at radius 1 is 1.20 bits per heavy atom. The second-order valence-corrected chi connectivity index (χ2v) is 4.97. The van der Waals surface area contributed by atoms with Gasteiger partial charge in [-0.1, -0.05) is 0 Å². The molecule has 2 rings (SSSR count). The Morgan fingerprint density at radius 3 is 2.55 bits per heavy atom. The molecule has 1 aromatic carbocycles. The summed E-state index contributed by atoms with van der Waals surface area (Å²) in [6, 6.07) is 9.29. The van der Waals surface area contributed by atoms with Crippen molar-refractivity contribution in [3.05, 3.63) is 63.0 Å². The van der Waals surface area contributed by atoms with Crippen molar-refractivity contribution in [2.75, 3.05) is 6.61 Å². The Balaban J connectivity index is 1.94. The monoisotopic (exact) mass is 337 g/mol. The molecule has 0 saturated carbocycles. The molecular formula is C14H12BrNO4. The Labute approximate surface area is 123 Å². The highest BCUT2D eigenvalue weighted by Crippen LogP contribution is 2.12. The molecule has 0 aliphatic carbocycles. The third-order valence-corrected chi connectivity index (χ3v) is 3.12. The van der Waals surface area contributed by atoms with Crippen LogP contribution >= 0.6 is 15.9 Å². The minimum Gasteiger partial charge on any atom is -0.492 e. The molecule has 0 aliphatic rings. The molecule has 0 saturated heterocycles. The second kappa shape index (κ2) is 6.38. The zero-order valence-corrected chi connectivity index (χ0v) is 12.0. The molecule has 1 aromatic heterocycles. The van der Waals surface area contributed by atoms with Crippen LogP contribution in [0.15, 0.2) is 51.9 Å². The van der Waals surface area contributed by atoms with Gasteiger partial charge in [0.15, 0.2) is 0 Å². The number of aromatic nitrogens is 1. The summed E-state index contributed by atoms with van der Waals surface area (Å²) in [7, 11) is 0. The number of ether oxygens (including phenoxy) is 1. The average Bonchev–Trinajstić information content (AvgIpc) is 2.43. The fourth-order valence-electron chi connectivity index (χ4n) is 1.63. The number of pyridine rings is 1. The van der Waals surface area contributed by atoms with Crippen LogP contribution in [-0.2, 0) is 6.54 Å². The van der Waals surface area contributed by atoms with E-state index in [1.165, 1.54) is 22.8 Å². The van der Waals surface area contributed by atoms with Crippen molar-refractivity contribution in [3.63, 3.8) is 0 Å². The Bertz CT molecular complexity index is 664. The molecule has 0 radical (unpaired) electrons. The first kappa shape index (κ1) is 14.3. The summed E-state index contributed by atoms with van der Waals surface area (Å²) in [6.07, 6.45) is 1.69. The summed E-state index contributed by atoms with van der Waals surface area (Å²) < 4.78 is 7.83. The maximum Gasteiger partial charge on any atom is 0.335 e. The summed E-state index contributed by atoms with van der Waals surface area (Å²) in [6.45, 7) is 0.738. The highest BCUT2D eigenvalue weighted by molar-refractivity contribution is 9.10. The van der Waals surface area contributed by atoms with E-state index in [9.17, 15) is 9.59 Å². The van der Waals surface area contributed by atoms with Crippen molar-refractivity contribution >= 4 is 21.9 Å². The molecule has 6 heteroatoms. The van der Waals surface area contributed by atoms with Crippen molar-refractivity contribution < 1.29 is 14.6 Å². The molecule has 104 valence electrons. The van der Waals surface area contributed by atoms with Crippen LogP contribution in [0.3, 0.4) is 0 Å². The van der Waals surface area contributed by atoms with E-state index in [4.69, 9.17) is 9.84 Å². The van der Waals surface area contributed by atoms with Crippen molar-refractivity contribution in [2.45, 2.75) is 6.54 Å². The van der Waals surface area contributed by atoms with Crippen LogP contribution in [0.1, 0.15) is 10.4 Å². The lowest BCUT2D eigenvalue weighted by Gasteiger charge is -2.08. The number of hydrogen-bond donors (Lipinski definition) is 1. The molecule has 0 unspecified atom stereocenters. The Morgan fingerprint density at radius 2 is 1.90 bits per heavy atom. The largest absolute Gasteiger partial charge is 0.492 e. The molecule has 0 bridgehead atoms. The molecule has 20 heavy (non-hydrogen) atoms. The van der Waals surface area contributed by atoms with Crippen molar-refractivity contribution in [3.8, 4) is 5.75 Å². The minimum atomic E-state index is -0.975. The lowest BCUT2D eigenvalue weighted by Crippen LogP contribution is -2.21. The molecule has 0 amide bonds. The van der Waals surface area contributed by atoms with E-state index in [0.717, 1.165) is 4.47 Å². The van der Waals surface area contributed by atoms with Crippen LogP contribution < -0.4 is 10.3 Å². The van der Waals surface area contributed by atoms with Gasteiger partial charge in [-0.15, -0.1) is 0 Å². The topological polar surface area (TPSA) is 68.5 Å². The lowest BCUT2D eigenvalue weighted by molar-refractivity contribution is 0.0697. The molecule has 0 fully saturated rings. The summed E-state index contributed by atoms with van der Waals surface area (Å²) >= 11 is 3.30. The maximum atomic E-state index is 11.6. The van der Waals surface area contributed by atoms with E-state index in [2.05, 4.69) is 15.9 Å². The molecular weight excluding hydrogens is 326 g/mol. The average molecular weight is 338 g/mol. The number of carboxylic acid groups (broad SMARTS) is 1. The van der Waals surface area contributed by atoms with E-state index in [0.29, 0.717) is 18.9 Å². The normalized spacial score (nSPS) is 10.2. The molecule has 1 heterocycles. The van der Waals surface area contributed by atoms with Crippen LogP contribution in [0, 0.1) is 0 Å². The van der Waals surface area contributed by atoms with Gasteiger partial charge in [0, 0.05) is 16.7 Å². The van der Waals surface area contributed by atoms with Crippen LogP contribution in [0.25, 0.3) is 0 Å². The zero-order valence-electron chi connectivity index (χ0n) is 10.5. The number of nitrogens with zero attached hydrogens (tertiary/aromatic N) is 1. The smallest absolute Gasteiger partial charge is 0.335 e. The van der Waals surface area contributed by atoms with E-state index >= 15 is 0 Å². The standard InChI is InChI=1S/C14H12BrNO4/c15-11-3-6-13(17)16(9-11)7-8-20-12-4-1-10(2-5-12)14(18)19/h1-6,9H,7-8H2,(H,18,19). The van der Waals surface area contributed by atoms with Crippen molar-refractivity contribution in [1.82, 2.24) is 4.57 Å². The highest BCUT2D eigenvalue weighted by Gasteiger charge is 2.02. The summed E-state index contributed by atoms with van der Waals surface area (Å²) in [5, 5.41) is 8.77. The van der Waals surface area contributed by atoms with Gasteiger partial charge in [-0.05, 0) is 46.3 Å². The second-order valence-electron chi connectivity index (χ2n) is 4.06. The van der Waals surface area contributed by atoms with E-state index in [-0.39, 0.29) is 11.1 Å². The van der Waals surface area contributed by atoms with Crippen molar-refractivity contribution in [2.24, 2.45) is 0 Å². The summed E-state index contributed by atoms with van der Waals surface area (Å²) in [5.41, 5.74) is 0.110. The number of rotatable bonds is 5. The van der Waals surface area contributed by atoms with Crippen LogP contribution in [0.4, 0.5) is 0 Å². The first-order valence-electron chi connectivity index (χ1n) is 5.88. The molecule has 0 atom stereocenters. The predicted octanol–water partition coefficient (Wildman–Crippen LogP) is 2.39. The maximum absolute atomic E-state index is 11.6. The molecule has 0 spiro atoms. The van der Waals surface area contributed by atoms with Crippen LogP contribution in [-0.4, -0.2) is 22.2 Å². The number of benzene rings is 1. The van der Waals surface area contributed by atoms with Gasteiger partial charge in [-0.3, -0.25) is 4.79 Å². The molecule has 0 aliphatic heterocycles. The predicted molar refractivity (Wildman–Crippen MR) is 77.3 cm³/mol. The van der Waals surface area contributed by atoms with Gasteiger partial charge in [-0.25, -0.2) is 4.79 Å². The van der Waals surface area contributed by atoms with Gasteiger partial charge in [0.05, 0.1) is 12.1 Å². The fourth-order valence-corrected chi connectivity index (χ4v) is 2.01. The van der Waals surface area contributed by atoms with Crippen molar-refractivity contribution in [1.29, 1.82) is 0 Å². The number of carbonyl (C=O) groups is 1. The van der Waals surface area contributed by atoms with Crippen LogP contribution in [0.2, 0.25) is 0 Å². The number of halogens is 1. The highest BCUT2D eigenvalue weighted by atomic mass is 79.9. The molecule has 2 aromatic rings. The SMILES string of the molecule is O=C(O)c1ccc(OCCn2cc(Br)ccc2=O)cc1. The van der Waals surface area contributed by atoms with Gasteiger partial charge in [0.2, 0.25) is 0 Å². The Hall–Kier alpha value is -2.08. The fraction of sp³-hybridized carbons (Fsp3) is 0.143. The van der Waals surface area contributed by atoms with E-state index < -0.39 is 5.97 Å². The Kier molecular flexibility index (Phi) is 4.57. The van der Waals surface area contributed by atoms with E-state index in [1.54, 1.807) is 24.4 Å². The van der Waals surface area contributed by atoms with Gasteiger partial charge >= 0.3 is 5.97 Å². The van der Waals surface area contributed by atoms with Gasteiger partial charge in [0.1, 0.15) is 12.4 Å². The first-order valence-corrected chi connectivity index (χ1v) is 6.68. The summed E-state index contributed by atoms with van der Waals surface area (Å²) in [4.78, 5) is 22.3. The molecule has 5 nitrogen and oxygen atoms in total. The zero-order chi connectivity index (χ0) is 14.5. The minimum absolute atomic E-state index is 0.0991. The number of carboxylic acids is 1. The van der Waals surface area contributed by atoms with E-state index in [1.807, 2.05) is 0 Å². The van der Waals surface area contributed by atoms with Gasteiger partial charge in [-0.2, -0.15) is 0 Å².